The molecule has 0 bridgehead atoms. The van der Waals surface area contributed by atoms with Crippen molar-refractivity contribution in [2.24, 2.45) is 0 Å². The van der Waals surface area contributed by atoms with Gasteiger partial charge in [0.15, 0.2) is 5.13 Å². The second-order valence-electron chi connectivity index (χ2n) is 5.37. The minimum atomic E-state index is -0.725. The SMILES string of the molecule is CCN(CC)c1ccc(NC(=O)C(=O)Nc2nc(C)cs2)c(C)c1. The number of benzene rings is 1. The topological polar surface area (TPSA) is 74.3 Å². The molecule has 24 heavy (non-hydrogen) atoms. The lowest BCUT2D eigenvalue weighted by atomic mass is 10.1. The van der Waals surface area contributed by atoms with Crippen LogP contribution >= 0.6 is 11.3 Å². The van der Waals surface area contributed by atoms with Crippen LogP contribution in [-0.2, 0) is 9.59 Å². The molecule has 0 saturated heterocycles. The van der Waals surface area contributed by atoms with Crippen molar-refractivity contribution in [1.82, 2.24) is 4.98 Å². The number of carbonyl (C=O) groups is 2. The van der Waals surface area contributed by atoms with E-state index < -0.39 is 11.8 Å². The van der Waals surface area contributed by atoms with Crippen molar-refractivity contribution >= 4 is 39.7 Å². The summed E-state index contributed by atoms with van der Waals surface area (Å²) in [5, 5.41) is 7.37. The molecule has 2 rings (SSSR count). The van der Waals surface area contributed by atoms with E-state index in [1.807, 2.05) is 37.4 Å². The predicted molar refractivity (Wildman–Crippen MR) is 98.9 cm³/mol. The van der Waals surface area contributed by atoms with Crippen molar-refractivity contribution in [3.05, 3.63) is 34.8 Å². The van der Waals surface area contributed by atoms with Crippen LogP contribution in [0.15, 0.2) is 23.6 Å². The fraction of sp³-hybridized carbons (Fsp3) is 0.353. The summed E-state index contributed by atoms with van der Waals surface area (Å²) in [6.07, 6.45) is 0. The molecule has 0 saturated carbocycles. The standard InChI is InChI=1S/C17H22N4O2S/c1-5-21(6-2)13-7-8-14(11(3)9-13)19-15(22)16(23)20-17-18-12(4)10-24-17/h7-10H,5-6H2,1-4H3,(H,19,22)(H,18,20,23). The molecule has 0 fully saturated rings. The van der Waals surface area contributed by atoms with Gasteiger partial charge in [-0.1, -0.05) is 0 Å². The molecular formula is C17H22N4O2S. The van der Waals surface area contributed by atoms with Gasteiger partial charge in [-0.3, -0.25) is 14.9 Å². The average Bonchev–Trinajstić information content (AvgIpc) is 2.96. The van der Waals surface area contributed by atoms with Crippen molar-refractivity contribution in [3.8, 4) is 0 Å². The summed E-state index contributed by atoms with van der Waals surface area (Å²) in [6.45, 7) is 9.75. The van der Waals surface area contributed by atoms with E-state index in [1.54, 1.807) is 0 Å². The second-order valence-corrected chi connectivity index (χ2v) is 6.23. The van der Waals surface area contributed by atoms with E-state index in [0.717, 1.165) is 30.0 Å². The maximum atomic E-state index is 12.1. The van der Waals surface area contributed by atoms with Gasteiger partial charge in [-0.25, -0.2) is 4.98 Å². The Bertz CT molecular complexity index is 738. The van der Waals surface area contributed by atoms with E-state index in [0.29, 0.717) is 10.8 Å². The first-order chi connectivity index (χ1) is 11.4. The van der Waals surface area contributed by atoms with E-state index in [9.17, 15) is 9.59 Å². The maximum absolute atomic E-state index is 12.1. The molecule has 1 aromatic heterocycles. The van der Waals surface area contributed by atoms with E-state index in [4.69, 9.17) is 0 Å². The Morgan fingerprint density at radius 2 is 1.79 bits per heavy atom. The molecule has 128 valence electrons. The molecule has 0 unspecified atom stereocenters. The maximum Gasteiger partial charge on any atom is 0.315 e. The number of nitrogens with zero attached hydrogens (tertiary/aromatic N) is 2. The van der Waals surface area contributed by atoms with Gasteiger partial charge in [0.25, 0.3) is 0 Å². The smallest absolute Gasteiger partial charge is 0.315 e. The van der Waals surface area contributed by atoms with Crippen LogP contribution in [0.3, 0.4) is 0 Å². The Kier molecular flexibility index (Phi) is 5.92. The van der Waals surface area contributed by atoms with Gasteiger partial charge in [0.1, 0.15) is 0 Å². The van der Waals surface area contributed by atoms with Crippen molar-refractivity contribution in [1.29, 1.82) is 0 Å². The zero-order chi connectivity index (χ0) is 17.7. The molecular weight excluding hydrogens is 324 g/mol. The molecule has 0 atom stereocenters. The van der Waals surface area contributed by atoms with E-state index >= 15 is 0 Å². The van der Waals surface area contributed by atoms with Gasteiger partial charge >= 0.3 is 11.8 Å². The summed E-state index contributed by atoms with van der Waals surface area (Å²) >= 11 is 1.29. The predicted octanol–water partition coefficient (Wildman–Crippen LogP) is 3.18. The highest BCUT2D eigenvalue weighted by Gasteiger charge is 2.16. The highest BCUT2D eigenvalue weighted by molar-refractivity contribution is 7.14. The summed E-state index contributed by atoms with van der Waals surface area (Å²) in [6, 6.07) is 5.77. The number of aromatic nitrogens is 1. The normalized spacial score (nSPS) is 10.3. The first kappa shape index (κ1) is 17.9. The molecule has 2 aromatic rings. The number of amides is 2. The summed E-state index contributed by atoms with van der Waals surface area (Å²) in [5.74, 6) is -1.43. The van der Waals surface area contributed by atoms with Gasteiger partial charge in [0.05, 0.1) is 5.69 Å². The average molecular weight is 346 g/mol. The molecule has 6 nitrogen and oxygen atoms in total. The van der Waals surface area contributed by atoms with Crippen LogP contribution in [-0.4, -0.2) is 29.9 Å². The summed E-state index contributed by atoms with van der Waals surface area (Å²) in [4.78, 5) is 30.3. The molecule has 0 aliphatic rings. The quantitative estimate of drug-likeness (QED) is 0.816. The van der Waals surface area contributed by atoms with E-state index in [2.05, 4.69) is 34.4 Å². The molecule has 0 radical (unpaired) electrons. The molecule has 0 spiro atoms. The lowest BCUT2D eigenvalue weighted by Crippen LogP contribution is -2.29. The third-order valence-electron chi connectivity index (χ3n) is 3.63. The van der Waals surface area contributed by atoms with E-state index in [1.165, 1.54) is 11.3 Å². The van der Waals surface area contributed by atoms with Crippen LogP contribution < -0.4 is 15.5 Å². The Balaban J connectivity index is 2.04. The lowest BCUT2D eigenvalue weighted by molar-refractivity contribution is -0.133. The fourth-order valence-corrected chi connectivity index (χ4v) is 3.00. The van der Waals surface area contributed by atoms with Gasteiger partial charge in [-0.15, -0.1) is 11.3 Å². The zero-order valence-corrected chi connectivity index (χ0v) is 15.2. The van der Waals surface area contributed by atoms with Gasteiger partial charge in [-0.2, -0.15) is 0 Å². The number of thiazole rings is 1. The molecule has 2 N–H and O–H groups in total. The fourth-order valence-electron chi connectivity index (χ4n) is 2.32. The molecule has 7 heteroatoms. The van der Waals surface area contributed by atoms with Crippen molar-refractivity contribution in [2.45, 2.75) is 27.7 Å². The number of carbonyl (C=O) groups excluding carboxylic acids is 2. The van der Waals surface area contributed by atoms with Crippen molar-refractivity contribution < 1.29 is 9.59 Å². The summed E-state index contributed by atoms with van der Waals surface area (Å²) in [7, 11) is 0. The Morgan fingerprint density at radius 3 is 2.33 bits per heavy atom. The van der Waals surface area contributed by atoms with E-state index in [-0.39, 0.29) is 0 Å². The van der Waals surface area contributed by atoms with Crippen LogP contribution in [0.5, 0.6) is 0 Å². The number of nitrogens with one attached hydrogen (secondary N) is 2. The largest absolute Gasteiger partial charge is 0.372 e. The van der Waals surface area contributed by atoms with Gasteiger partial charge in [0.2, 0.25) is 0 Å². The first-order valence-electron chi connectivity index (χ1n) is 7.84. The highest BCUT2D eigenvalue weighted by Crippen LogP contribution is 2.23. The van der Waals surface area contributed by atoms with Crippen LogP contribution in [0.25, 0.3) is 0 Å². The van der Waals surface area contributed by atoms with Crippen molar-refractivity contribution in [3.63, 3.8) is 0 Å². The van der Waals surface area contributed by atoms with Gasteiger partial charge < -0.3 is 10.2 Å². The molecule has 1 aromatic carbocycles. The number of hydrogen-bond acceptors (Lipinski definition) is 5. The van der Waals surface area contributed by atoms with Crippen molar-refractivity contribution in [2.75, 3.05) is 28.6 Å². The van der Waals surface area contributed by atoms with Crippen LogP contribution in [0.4, 0.5) is 16.5 Å². The molecule has 0 aliphatic heterocycles. The molecule has 0 aliphatic carbocycles. The molecule has 2 amide bonds. The Labute approximate surface area is 145 Å². The Hall–Kier alpha value is -2.41. The minimum Gasteiger partial charge on any atom is -0.372 e. The zero-order valence-electron chi connectivity index (χ0n) is 14.3. The van der Waals surface area contributed by atoms with Crippen LogP contribution in [0.1, 0.15) is 25.1 Å². The van der Waals surface area contributed by atoms with Crippen LogP contribution in [0, 0.1) is 13.8 Å². The number of anilines is 3. The number of rotatable bonds is 5. The highest BCUT2D eigenvalue weighted by atomic mass is 32.1. The summed E-state index contributed by atoms with van der Waals surface area (Å²) in [5.41, 5.74) is 3.43. The monoisotopic (exact) mass is 346 g/mol. The minimum absolute atomic E-state index is 0.418. The number of hydrogen-bond donors (Lipinski definition) is 2. The Morgan fingerprint density at radius 1 is 1.12 bits per heavy atom. The van der Waals surface area contributed by atoms with Gasteiger partial charge in [-0.05, 0) is 51.5 Å². The summed E-state index contributed by atoms with van der Waals surface area (Å²) < 4.78 is 0. The van der Waals surface area contributed by atoms with Gasteiger partial charge in [0, 0.05) is 29.8 Å². The van der Waals surface area contributed by atoms with Crippen LogP contribution in [0.2, 0.25) is 0 Å². The number of aryl methyl sites for hydroxylation is 2. The first-order valence-corrected chi connectivity index (χ1v) is 8.72. The second kappa shape index (κ2) is 7.92. The third kappa shape index (κ3) is 4.32. The lowest BCUT2D eigenvalue weighted by Gasteiger charge is -2.22. The molecule has 1 heterocycles. The third-order valence-corrected chi connectivity index (χ3v) is 4.51.